The van der Waals surface area contributed by atoms with Crippen molar-refractivity contribution >= 4 is 0 Å². The minimum absolute atomic E-state index is 0.179. The van der Waals surface area contributed by atoms with E-state index in [1.807, 2.05) is 0 Å². The van der Waals surface area contributed by atoms with E-state index in [1.165, 1.54) is 6.07 Å². The molecule has 0 saturated carbocycles. The Balaban J connectivity index is 2.87. The number of benzene rings is 1. The maximum absolute atomic E-state index is 12.9. The minimum atomic E-state index is -5.61. The van der Waals surface area contributed by atoms with Gasteiger partial charge in [0.1, 0.15) is 11.9 Å². The van der Waals surface area contributed by atoms with Crippen LogP contribution in [-0.4, -0.2) is 18.5 Å². The second-order valence-electron chi connectivity index (χ2n) is 3.70. The first-order valence-corrected chi connectivity index (χ1v) is 4.99. The molecule has 1 rings (SSSR count). The second kappa shape index (κ2) is 5.66. The Labute approximate surface area is 108 Å². The highest BCUT2D eigenvalue weighted by atomic mass is 19.4. The Morgan fingerprint density at radius 3 is 2.10 bits per heavy atom. The van der Waals surface area contributed by atoms with Crippen LogP contribution in [0.1, 0.15) is 11.1 Å². The Morgan fingerprint density at radius 1 is 1.10 bits per heavy atom. The van der Waals surface area contributed by atoms with Crippen molar-refractivity contribution in [3.8, 4) is 6.07 Å². The highest BCUT2D eigenvalue weighted by Crippen LogP contribution is 2.36. The maximum atomic E-state index is 12.9. The van der Waals surface area contributed by atoms with Gasteiger partial charge in [0.2, 0.25) is 6.10 Å². The summed E-state index contributed by atoms with van der Waals surface area (Å²) in [5.74, 6) is -0.931. The van der Waals surface area contributed by atoms with Gasteiger partial charge in [0.15, 0.2) is 0 Å². The van der Waals surface area contributed by atoms with Gasteiger partial charge in [0.05, 0.1) is 12.2 Å². The molecule has 0 saturated heterocycles. The van der Waals surface area contributed by atoms with Crippen molar-refractivity contribution in [1.82, 2.24) is 0 Å². The summed E-state index contributed by atoms with van der Waals surface area (Å²) >= 11 is 0. The predicted octanol–water partition coefficient (Wildman–Crippen LogP) is 3.71. The van der Waals surface area contributed by atoms with Crippen LogP contribution in [0.25, 0.3) is 0 Å². The van der Waals surface area contributed by atoms with Gasteiger partial charge in [-0.15, -0.1) is 0 Å². The van der Waals surface area contributed by atoms with Crippen LogP contribution in [0.5, 0.6) is 0 Å². The normalized spacial score (nSPS) is 12.6. The van der Waals surface area contributed by atoms with Crippen LogP contribution < -0.4 is 0 Å². The van der Waals surface area contributed by atoms with Crippen molar-refractivity contribution in [3.63, 3.8) is 0 Å². The van der Waals surface area contributed by atoms with Crippen LogP contribution in [0.15, 0.2) is 18.2 Å². The number of nitrogens with zero attached hydrogens (tertiary/aromatic N) is 1. The van der Waals surface area contributed by atoms with Crippen LogP contribution in [0, 0.1) is 17.1 Å². The van der Waals surface area contributed by atoms with Gasteiger partial charge >= 0.3 is 12.4 Å². The molecule has 0 bridgehead atoms. The van der Waals surface area contributed by atoms with Gasteiger partial charge < -0.3 is 4.74 Å². The zero-order valence-electron chi connectivity index (χ0n) is 9.52. The predicted molar refractivity (Wildman–Crippen MR) is 51.8 cm³/mol. The zero-order valence-corrected chi connectivity index (χ0v) is 9.52. The molecule has 0 fully saturated rings. The van der Waals surface area contributed by atoms with Crippen molar-refractivity contribution in [1.29, 1.82) is 5.26 Å². The Bertz CT molecular complexity index is 501. The van der Waals surface area contributed by atoms with Crippen LogP contribution in [-0.2, 0) is 11.3 Å². The molecule has 20 heavy (non-hydrogen) atoms. The molecule has 0 atom stereocenters. The lowest BCUT2D eigenvalue weighted by Gasteiger charge is -2.23. The molecule has 0 aliphatic heterocycles. The third-order valence-corrected chi connectivity index (χ3v) is 2.16. The van der Waals surface area contributed by atoms with Crippen LogP contribution in [0.3, 0.4) is 0 Å². The molecule has 1 aromatic carbocycles. The molecule has 1 aromatic rings. The third kappa shape index (κ3) is 4.09. The molecule has 0 aliphatic rings. The summed E-state index contributed by atoms with van der Waals surface area (Å²) in [5.41, 5.74) is -0.678. The van der Waals surface area contributed by atoms with Gasteiger partial charge in [-0.25, -0.2) is 4.39 Å². The van der Waals surface area contributed by atoms with Gasteiger partial charge in [-0.2, -0.15) is 31.6 Å². The van der Waals surface area contributed by atoms with E-state index in [2.05, 4.69) is 4.74 Å². The van der Waals surface area contributed by atoms with Crippen LogP contribution >= 0.6 is 0 Å². The zero-order chi connectivity index (χ0) is 15.6. The standard InChI is InChI=1S/C11H6F7NO/c12-8-2-1-6(3-7(8)4-19)5-20-9(10(13,14)15)11(16,17)18/h1-3,9H,5H2. The van der Waals surface area contributed by atoms with E-state index in [1.54, 1.807) is 0 Å². The lowest BCUT2D eigenvalue weighted by atomic mass is 10.1. The van der Waals surface area contributed by atoms with Gasteiger partial charge in [-0.1, -0.05) is 6.07 Å². The average molecular weight is 301 g/mol. The molecule has 2 nitrogen and oxygen atoms in total. The van der Waals surface area contributed by atoms with Crippen molar-refractivity contribution in [2.75, 3.05) is 0 Å². The Hall–Kier alpha value is -1.82. The first-order chi connectivity index (χ1) is 9.05. The SMILES string of the molecule is N#Cc1cc(COC(C(F)(F)F)C(F)(F)F)ccc1F. The van der Waals surface area contributed by atoms with Crippen LogP contribution in [0.4, 0.5) is 30.7 Å². The minimum Gasteiger partial charge on any atom is -0.356 e. The molecule has 0 heterocycles. The number of rotatable bonds is 3. The van der Waals surface area contributed by atoms with Crippen molar-refractivity contribution < 1.29 is 35.5 Å². The Morgan fingerprint density at radius 2 is 1.65 bits per heavy atom. The van der Waals surface area contributed by atoms with E-state index in [0.29, 0.717) is 0 Å². The van der Waals surface area contributed by atoms with Gasteiger partial charge in [0.25, 0.3) is 0 Å². The van der Waals surface area contributed by atoms with E-state index < -0.39 is 36.4 Å². The van der Waals surface area contributed by atoms with Gasteiger partial charge in [0, 0.05) is 0 Å². The van der Waals surface area contributed by atoms with E-state index in [9.17, 15) is 30.7 Å². The average Bonchev–Trinajstić information content (AvgIpc) is 2.27. The molecular formula is C11H6F7NO. The molecule has 0 unspecified atom stereocenters. The van der Waals surface area contributed by atoms with Gasteiger partial charge in [-0.05, 0) is 17.7 Å². The van der Waals surface area contributed by atoms with Crippen molar-refractivity contribution in [2.45, 2.75) is 25.1 Å². The van der Waals surface area contributed by atoms with Crippen LogP contribution in [0.2, 0.25) is 0 Å². The topological polar surface area (TPSA) is 33.0 Å². The Kier molecular flexibility index (Phi) is 4.60. The molecule has 9 heteroatoms. The van der Waals surface area contributed by atoms with E-state index in [-0.39, 0.29) is 5.56 Å². The summed E-state index contributed by atoms with van der Waals surface area (Å²) in [4.78, 5) is 0. The number of hydrogen-bond donors (Lipinski definition) is 0. The van der Waals surface area contributed by atoms with E-state index in [4.69, 9.17) is 5.26 Å². The fraction of sp³-hybridized carbons (Fsp3) is 0.364. The maximum Gasteiger partial charge on any atom is 0.423 e. The van der Waals surface area contributed by atoms with Crippen molar-refractivity contribution in [3.05, 3.63) is 35.1 Å². The second-order valence-corrected chi connectivity index (χ2v) is 3.70. The number of hydrogen-bond acceptors (Lipinski definition) is 2. The fourth-order valence-electron chi connectivity index (χ4n) is 1.30. The fourth-order valence-corrected chi connectivity index (χ4v) is 1.30. The van der Waals surface area contributed by atoms with Gasteiger partial charge in [-0.3, -0.25) is 0 Å². The molecule has 0 aliphatic carbocycles. The molecule has 0 N–H and O–H groups in total. The molecule has 0 aromatic heterocycles. The third-order valence-electron chi connectivity index (χ3n) is 2.16. The summed E-state index contributed by atoms with van der Waals surface area (Å²) in [5, 5.41) is 8.49. The smallest absolute Gasteiger partial charge is 0.356 e. The molecule has 0 spiro atoms. The van der Waals surface area contributed by atoms with E-state index in [0.717, 1.165) is 18.2 Å². The molecule has 0 radical (unpaired) electrons. The summed E-state index contributed by atoms with van der Waals surface area (Å²) in [6.07, 6.45) is -15.2. The van der Waals surface area contributed by atoms with E-state index >= 15 is 0 Å². The quantitative estimate of drug-likeness (QED) is 0.797. The summed E-state index contributed by atoms with van der Waals surface area (Å²) in [6, 6.07) is 3.92. The first kappa shape index (κ1) is 16.2. The summed E-state index contributed by atoms with van der Waals surface area (Å²) in [6.45, 7) is -1.06. The number of ether oxygens (including phenoxy) is 1. The summed E-state index contributed by atoms with van der Waals surface area (Å²) in [7, 11) is 0. The number of halogens is 7. The first-order valence-electron chi connectivity index (χ1n) is 4.99. The number of alkyl halides is 6. The molecule has 0 amide bonds. The largest absolute Gasteiger partial charge is 0.423 e. The monoisotopic (exact) mass is 301 g/mol. The highest BCUT2D eigenvalue weighted by molar-refractivity contribution is 5.34. The highest BCUT2D eigenvalue weighted by Gasteiger charge is 2.57. The molecule has 110 valence electrons. The lowest BCUT2D eigenvalue weighted by Crippen LogP contribution is -2.44. The molecular weight excluding hydrogens is 295 g/mol. The number of nitriles is 1. The van der Waals surface area contributed by atoms with Crippen molar-refractivity contribution in [2.24, 2.45) is 0 Å². The summed E-state index contributed by atoms with van der Waals surface area (Å²) < 4.78 is 89.8. The lowest BCUT2D eigenvalue weighted by molar-refractivity contribution is -0.324.